The van der Waals surface area contributed by atoms with E-state index in [0.717, 1.165) is 12.8 Å². The number of nitrogens with zero attached hydrogens (tertiary/aromatic N) is 1. The van der Waals surface area contributed by atoms with E-state index in [1.165, 1.54) is 12.8 Å². The van der Waals surface area contributed by atoms with Gasteiger partial charge < -0.3 is 4.90 Å². The highest BCUT2D eigenvalue weighted by atomic mass is 16.1. The van der Waals surface area contributed by atoms with Crippen molar-refractivity contribution in [3.05, 3.63) is 12.3 Å². The molecule has 1 unspecified atom stereocenters. The minimum atomic E-state index is 0.621. The number of rotatable bonds is 2. The van der Waals surface area contributed by atoms with Gasteiger partial charge in [0.05, 0.1) is 0 Å². The van der Waals surface area contributed by atoms with Gasteiger partial charge in [-0.25, -0.2) is 0 Å². The second-order valence-corrected chi connectivity index (χ2v) is 2.71. The summed E-state index contributed by atoms with van der Waals surface area (Å²) in [6, 6.07) is 0.621. The standard InChI is InChI=1S/C8H13NO/c1-8-4-2-5-9(8)6-3-7-10/h3,6-8H,2,4-5H2,1H3/b6-3+. The van der Waals surface area contributed by atoms with Crippen LogP contribution in [0.5, 0.6) is 0 Å². The predicted molar refractivity (Wildman–Crippen MR) is 40.6 cm³/mol. The molecule has 0 aromatic carbocycles. The molecule has 0 amide bonds. The Morgan fingerprint density at radius 2 is 2.40 bits per heavy atom. The van der Waals surface area contributed by atoms with Crippen molar-refractivity contribution in [3.8, 4) is 0 Å². The lowest BCUT2D eigenvalue weighted by Crippen LogP contribution is -2.20. The number of aldehydes is 1. The zero-order valence-electron chi connectivity index (χ0n) is 6.29. The lowest BCUT2D eigenvalue weighted by atomic mass is 10.2. The molecule has 2 heteroatoms. The third kappa shape index (κ3) is 1.59. The average molecular weight is 139 g/mol. The Balaban J connectivity index is 2.39. The molecule has 1 saturated heterocycles. The topological polar surface area (TPSA) is 20.3 Å². The van der Waals surface area contributed by atoms with Crippen molar-refractivity contribution < 1.29 is 4.79 Å². The second-order valence-electron chi connectivity index (χ2n) is 2.71. The molecule has 0 bridgehead atoms. The van der Waals surface area contributed by atoms with Crippen LogP contribution in [0.2, 0.25) is 0 Å². The summed E-state index contributed by atoms with van der Waals surface area (Å²) in [4.78, 5) is 12.2. The monoisotopic (exact) mass is 139 g/mol. The Hall–Kier alpha value is -0.790. The van der Waals surface area contributed by atoms with Crippen LogP contribution in [-0.4, -0.2) is 23.8 Å². The van der Waals surface area contributed by atoms with Crippen molar-refractivity contribution in [3.63, 3.8) is 0 Å². The summed E-state index contributed by atoms with van der Waals surface area (Å²) in [6.45, 7) is 3.29. The maximum Gasteiger partial charge on any atom is 0.144 e. The highest BCUT2D eigenvalue weighted by Crippen LogP contribution is 2.15. The largest absolute Gasteiger partial charge is 0.375 e. The summed E-state index contributed by atoms with van der Waals surface area (Å²) in [5, 5.41) is 0. The van der Waals surface area contributed by atoms with Crippen molar-refractivity contribution >= 4 is 6.29 Å². The van der Waals surface area contributed by atoms with Crippen LogP contribution in [0.25, 0.3) is 0 Å². The van der Waals surface area contributed by atoms with Crippen LogP contribution >= 0.6 is 0 Å². The molecular weight excluding hydrogens is 126 g/mol. The number of likely N-dealkylation sites (tertiary alicyclic amines) is 1. The SMILES string of the molecule is CC1CCCN1/C=C/C=O. The zero-order valence-corrected chi connectivity index (χ0v) is 6.29. The number of carbonyl (C=O) groups is 1. The van der Waals surface area contributed by atoms with E-state index < -0.39 is 0 Å². The Bertz CT molecular complexity index is 142. The van der Waals surface area contributed by atoms with Gasteiger partial charge in [-0.05, 0) is 25.8 Å². The maximum absolute atomic E-state index is 9.95. The first kappa shape index (κ1) is 7.32. The molecule has 56 valence electrons. The Morgan fingerprint density at radius 3 is 2.90 bits per heavy atom. The molecule has 2 nitrogen and oxygen atoms in total. The first-order chi connectivity index (χ1) is 4.84. The van der Waals surface area contributed by atoms with Gasteiger partial charge in [0, 0.05) is 18.8 Å². The van der Waals surface area contributed by atoms with Gasteiger partial charge in [-0.1, -0.05) is 0 Å². The van der Waals surface area contributed by atoms with Crippen molar-refractivity contribution in [2.75, 3.05) is 6.54 Å². The molecule has 1 aliphatic rings. The highest BCUT2D eigenvalue weighted by Gasteiger charge is 2.15. The minimum absolute atomic E-state index is 0.621. The molecule has 0 aromatic heterocycles. The third-order valence-electron chi connectivity index (χ3n) is 1.96. The zero-order chi connectivity index (χ0) is 7.40. The number of allylic oxidation sites excluding steroid dienone is 1. The molecule has 0 N–H and O–H groups in total. The van der Waals surface area contributed by atoms with Gasteiger partial charge in [-0.15, -0.1) is 0 Å². The van der Waals surface area contributed by atoms with E-state index in [2.05, 4.69) is 11.8 Å². The minimum Gasteiger partial charge on any atom is -0.375 e. The van der Waals surface area contributed by atoms with E-state index in [9.17, 15) is 4.79 Å². The lowest BCUT2D eigenvalue weighted by molar-refractivity contribution is -0.104. The quantitative estimate of drug-likeness (QED) is 0.423. The molecule has 0 saturated carbocycles. The summed E-state index contributed by atoms with van der Waals surface area (Å²) in [6.07, 6.45) is 6.77. The van der Waals surface area contributed by atoms with E-state index in [0.29, 0.717) is 6.04 Å². The van der Waals surface area contributed by atoms with E-state index >= 15 is 0 Å². The summed E-state index contributed by atoms with van der Waals surface area (Å²) < 4.78 is 0. The lowest BCUT2D eigenvalue weighted by Gasteiger charge is -2.17. The average Bonchev–Trinajstić information content (AvgIpc) is 2.31. The summed E-state index contributed by atoms with van der Waals surface area (Å²) in [5.74, 6) is 0. The molecular formula is C8H13NO. The molecule has 1 rings (SSSR count). The Morgan fingerprint density at radius 1 is 1.60 bits per heavy atom. The van der Waals surface area contributed by atoms with Crippen LogP contribution in [-0.2, 0) is 4.79 Å². The Kier molecular flexibility index (Phi) is 2.49. The van der Waals surface area contributed by atoms with Crippen LogP contribution in [0.4, 0.5) is 0 Å². The number of hydrogen-bond donors (Lipinski definition) is 0. The van der Waals surface area contributed by atoms with Gasteiger partial charge in [-0.2, -0.15) is 0 Å². The molecule has 0 radical (unpaired) electrons. The third-order valence-corrected chi connectivity index (χ3v) is 1.96. The first-order valence-corrected chi connectivity index (χ1v) is 3.72. The smallest absolute Gasteiger partial charge is 0.144 e. The highest BCUT2D eigenvalue weighted by molar-refractivity contribution is 5.64. The van der Waals surface area contributed by atoms with Gasteiger partial charge >= 0.3 is 0 Å². The van der Waals surface area contributed by atoms with Crippen molar-refractivity contribution in [2.24, 2.45) is 0 Å². The van der Waals surface area contributed by atoms with Crippen LogP contribution in [0.1, 0.15) is 19.8 Å². The fraction of sp³-hybridized carbons (Fsp3) is 0.625. The maximum atomic E-state index is 9.95. The number of hydrogen-bond acceptors (Lipinski definition) is 2. The van der Waals surface area contributed by atoms with E-state index in [-0.39, 0.29) is 0 Å². The van der Waals surface area contributed by atoms with Gasteiger partial charge in [0.15, 0.2) is 0 Å². The van der Waals surface area contributed by atoms with Gasteiger partial charge in [0.25, 0.3) is 0 Å². The molecule has 1 atom stereocenters. The fourth-order valence-electron chi connectivity index (χ4n) is 1.32. The molecule has 1 fully saturated rings. The molecule has 0 aliphatic carbocycles. The van der Waals surface area contributed by atoms with Crippen LogP contribution in [0, 0.1) is 0 Å². The molecule has 1 aliphatic heterocycles. The van der Waals surface area contributed by atoms with Crippen molar-refractivity contribution in [2.45, 2.75) is 25.8 Å². The summed E-state index contributed by atoms with van der Waals surface area (Å²) in [7, 11) is 0. The predicted octanol–water partition coefficient (Wildman–Crippen LogP) is 1.18. The van der Waals surface area contributed by atoms with Crippen molar-refractivity contribution in [1.82, 2.24) is 4.90 Å². The first-order valence-electron chi connectivity index (χ1n) is 3.72. The Labute approximate surface area is 61.5 Å². The molecule has 0 aromatic rings. The second kappa shape index (κ2) is 3.40. The van der Waals surface area contributed by atoms with Gasteiger partial charge in [0.1, 0.15) is 6.29 Å². The summed E-state index contributed by atoms with van der Waals surface area (Å²) >= 11 is 0. The van der Waals surface area contributed by atoms with Crippen LogP contribution in [0.3, 0.4) is 0 Å². The van der Waals surface area contributed by atoms with Gasteiger partial charge in [0.2, 0.25) is 0 Å². The van der Waals surface area contributed by atoms with E-state index in [4.69, 9.17) is 0 Å². The number of carbonyl (C=O) groups excluding carboxylic acids is 1. The van der Waals surface area contributed by atoms with Crippen LogP contribution in [0.15, 0.2) is 12.3 Å². The molecule has 10 heavy (non-hydrogen) atoms. The van der Waals surface area contributed by atoms with E-state index in [1.807, 2.05) is 6.20 Å². The summed E-state index contributed by atoms with van der Waals surface area (Å²) in [5.41, 5.74) is 0. The molecule has 0 spiro atoms. The molecule has 1 heterocycles. The fourth-order valence-corrected chi connectivity index (χ4v) is 1.32. The normalized spacial score (nSPS) is 26.1. The van der Waals surface area contributed by atoms with Crippen molar-refractivity contribution in [1.29, 1.82) is 0 Å². The van der Waals surface area contributed by atoms with E-state index in [1.54, 1.807) is 6.08 Å². The van der Waals surface area contributed by atoms with Crippen LogP contribution < -0.4 is 0 Å². The van der Waals surface area contributed by atoms with Gasteiger partial charge in [-0.3, -0.25) is 4.79 Å².